The summed E-state index contributed by atoms with van der Waals surface area (Å²) < 4.78 is 0. The molecule has 3 rings (SSSR count). The van der Waals surface area contributed by atoms with E-state index in [0.717, 1.165) is 28.4 Å². The molecular weight excluding hydrogens is 258 g/mol. The number of amidine groups is 1. The van der Waals surface area contributed by atoms with Crippen molar-refractivity contribution in [2.75, 3.05) is 6.54 Å². The van der Waals surface area contributed by atoms with Crippen LogP contribution in [0.25, 0.3) is 5.57 Å². The number of hydrogen-bond donors (Lipinski definition) is 2. The third-order valence-electron chi connectivity index (χ3n) is 4.14. The van der Waals surface area contributed by atoms with Gasteiger partial charge in [0.15, 0.2) is 0 Å². The maximum Gasteiger partial charge on any atom is 0.135 e. The maximum absolute atomic E-state index is 10.2. The molecule has 1 aliphatic carbocycles. The number of nitrogens with one attached hydrogen (secondary N) is 1. The highest BCUT2D eigenvalue weighted by Gasteiger charge is 2.35. The van der Waals surface area contributed by atoms with Gasteiger partial charge >= 0.3 is 0 Å². The van der Waals surface area contributed by atoms with Crippen LogP contribution in [0.15, 0.2) is 5.76 Å². The average Bonchev–Trinajstić information content (AvgIpc) is 3.03. The molecule has 0 spiro atoms. The Hall–Kier alpha value is -1.36. The first kappa shape index (κ1) is 12.7. The zero-order valence-corrected chi connectivity index (χ0v) is 12.2. The number of aromatic nitrogens is 1. The monoisotopic (exact) mass is 277 g/mol. The molecule has 1 aromatic heterocycles. The number of nitrogens with zero attached hydrogens (tertiary/aromatic N) is 2. The Morgan fingerprint density at radius 1 is 1.32 bits per heavy atom. The number of aryl methyl sites for hydroxylation is 2. The van der Waals surface area contributed by atoms with Crippen LogP contribution in [0.2, 0.25) is 0 Å². The summed E-state index contributed by atoms with van der Waals surface area (Å²) in [4.78, 5) is 7.69. The molecule has 1 aliphatic heterocycles. The molecular formula is C14H19N3OS. The SMILES string of the molecule is Cc1nc(C2=C(O)CN(C3CCCC3)C2=N)sc1C. The second-order valence-corrected chi connectivity index (χ2v) is 6.60. The number of aliphatic hydroxyl groups is 1. The molecule has 4 nitrogen and oxygen atoms in total. The molecule has 2 aliphatic rings. The second-order valence-electron chi connectivity index (χ2n) is 5.40. The molecule has 1 saturated carbocycles. The summed E-state index contributed by atoms with van der Waals surface area (Å²) in [6.07, 6.45) is 4.75. The van der Waals surface area contributed by atoms with Crippen molar-refractivity contribution in [3.63, 3.8) is 0 Å². The van der Waals surface area contributed by atoms with Gasteiger partial charge in [-0.2, -0.15) is 0 Å². The maximum atomic E-state index is 10.2. The molecule has 5 heteroatoms. The molecule has 2 heterocycles. The largest absolute Gasteiger partial charge is 0.510 e. The first-order chi connectivity index (χ1) is 9.08. The van der Waals surface area contributed by atoms with Crippen LogP contribution in [0.4, 0.5) is 0 Å². The number of aliphatic hydroxyl groups excluding tert-OH is 1. The van der Waals surface area contributed by atoms with Crippen molar-refractivity contribution >= 4 is 22.7 Å². The minimum atomic E-state index is 0.311. The van der Waals surface area contributed by atoms with Crippen molar-refractivity contribution in [3.8, 4) is 0 Å². The minimum Gasteiger partial charge on any atom is -0.510 e. The number of thiazole rings is 1. The second kappa shape index (κ2) is 4.63. The number of hydrogen-bond acceptors (Lipinski definition) is 4. The molecule has 1 fully saturated rings. The van der Waals surface area contributed by atoms with E-state index in [-0.39, 0.29) is 0 Å². The first-order valence-electron chi connectivity index (χ1n) is 6.80. The van der Waals surface area contributed by atoms with Crippen molar-refractivity contribution in [2.45, 2.75) is 45.6 Å². The summed E-state index contributed by atoms with van der Waals surface area (Å²) in [5, 5.41) is 19.3. The van der Waals surface area contributed by atoms with Crippen LogP contribution < -0.4 is 0 Å². The van der Waals surface area contributed by atoms with Gasteiger partial charge in [-0.15, -0.1) is 11.3 Å². The van der Waals surface area contributed by atoms with E-state index < -0.39 is 0 Å². The van der Waals surface area contributed by atoms with E-state index in [1.165, 1.54) is 12.8 Å². The van der Waals surface area contributed by atoms with Crippen molar-refractivity contribution < 1.29 is 5.11 Å². The smallest absolute Gasteiger partial charge is 0.135 e. The molecule has 0 atom stereocenters. The molecule has 0 radical (unpaired) electrons. The van der Waals surface area contributed by atoms with Crippen LogP contribution in [0.3, 0.4) is 0 Å². The molecule has 0 bridgehead atoms. The third kappa shape index (κ3) is 2.06. The van der Waals surface area contributed by atoms with Gasteiger partial charge in [0.25, 0.3) is 0 Å². The van der Waals surface area contributed by atoms with Crippen LogP contribution >= 0.6 is 11.3 Å². The van der Waals surface area contributed by atoms with E-state index in [0.29, 0.717) is 29.8 Å². The Balaban J connectivity index is 1.89. The predicted octanol–water partition coefficient (Wildman–Crippen LogP) is 3.26. The third-order valence-corrected chi connectivity index (χ3v) is 5.23. The quantitative estimate of drug-likeness (QED) is 0.872. The van der Waals surface area contributed by atoms with Gasteiger partial charge in [0.05, 0.1) is 17.8 Å². The Labute approximate surface area is 117 Å². The summed E-state index contributed by atoms with van der Waals surface area (Å²) >= 11 is 1.57. The van der Waals surface area contributed by atoms with Crippen molar-refractivity contribution in [2.24, 2.45) is 0 Å². The highest BCUT2D eigenvalue weighted by molar-refractivity contribution is 7.13. The van der Waals surface area contributed by atoms with Gasteiger partial charge in [-0.25, -0.2) is 4.98 Å². The van der Waals surface area contributed by atoms with Gasteiger partial charge in [-0.3, -0.25) is 5.41 Å². The van der Waals surface area contributed by atoms with E-state index in [1.807, 2.05) is 18.7 Å². The summed E-state index contributed by atoms with van der Waals surface area (Å²) in [6, 6.07) is 0.425. The van der Waals surface area contributed by atoms with E-state index >= 15 is 0 Å². The molecule has 0 amide bonds. The van der Waals surface area contributed by atoms with Gasteiger partial charge in [0, 0.05) is 10.9 Å². The average molecular weight is 277 g/mol. The molecule has 1 aromatic rings. The summed E-state index contributed by atoms with van der Waals surface area (Å²) in [6.45, 7) is 4.48. The van der Waals surface area contributed by atoms with Gasteiger partial charge in [0.1, 0.15) is 16.6 Å². The highest BCUT2D eigenvalue weighted by Crippen LogP contribution is 2.35. The normalized spacial score (nSPS) is 20.9. The molecule has 0 aromatic carbocycles. The molecule has 102 valence electrons. The minimum absolute atomic E-state index is 0.311. The fourth-order valence-corrected chi connectivity index (χ4v) is 3.91. The zero-order chi connectivity index (χ0) is 13.6. The van der Waals surface area contributed by atoms with Crippen molar-refractivity contribution in [1.29, 1.82) is 5.41 Å². The van der Waals surface area contributed by atoms with Crippen LogP contribution in [0.5, 0.6) is 0 Å². The fourth-order valence-electron chi connectivity index (χ4n) is 2.93. The topological polar surface area (TPSA) is 60.2 Å². The van der Waals surface area contributed by atoms with Gasteiger partial charge in [-0.05, 0) is 26.7 Å². The van der Waals surface area contributed by atoms with Crippen LogP contribution in [0.1, 0.15) is 41.3 Å². The Morgan fingerprint density at radius 3 is 2.58 bits per heavy atom. The predicted molar refractivity (Wildman–Crippen MR) is 77.8 cm³/mol. The number of rotatable bonds is 2. The Bertz CT molecular complexity index is 536. The summed E-state index contributed by atoms with van der Waals surface area (Å²) in [5.41, 5.74) is 1.64. The van der Waals surface area contributed by atoms with Crippen LogP contribution in [-0.4, -0.2) is 33.4 Å². The molecule has 2 N–H and O–H groups in total. The lowest BCUT2D eigenvalue weighted by molar-refractivity contribution is 0.296. The first-order valence-corrected chi connectivity index (χ1v) is 7.61. The lowest BCUT2D eigenvalue weighted by Gasteiger charge is -2.25. The highest BCUT2D eigenvalue weighted by atomic mass is 32.1. The van der Waals surface area contributed by atoms with Crippen molar-refractivity contribution in [1.82, 2.24) is 9.88 Å². The van der Waals surface area contributed by atoms with Gasteiger partial charge in [-0.1, -0.05) is 12.8 Å². The lowest BCUT2D eigenvalue weighted by atomic mass is 10.2. The van der Waals surface area contributed by atoms with E-state index in [4.69, 9.17) is 5.41 Å². The fraction of sp³-hybridized carbons (Fsp3) is 0.571. The van der Waals surface area contributed by atoms with E-state index in [1.54, 1.807) is 11.3 Å². The van der Waals surface area contributed by atoms with E-state index in [2.05, 4.69) is 4.98 Å². The Morgan fingerprint density at radius 2 is 2.00 bits per heavy atom. The van der Waals surface area contributed by atoms with E-state index in [9.17, 15) is 5.11 Å². The van der Waals surface area contributed by atoms with Crippen molar-refractivity contribution in [3.05, 3.63) is 21.3 Å². The summed E-state index contributed by atoms with van der Waals surface area (Å²) in [5.74, 6) is 0.767. The molecule has 0 saturated heterocycles. The van der Waals surface area contributed by atoms with Crippen LogP contribution in [0, 0.1) is 19.3 Å². The Kier molecular flexibility index (Phi) is 3.09. The zero-order valence-electron chi connectivity index (χ0n) is 11.4. The molecule has 0 unspecified atom stereocenters. The standard InChI is InChI=1S/C14H19N3OS/c1-8-9(2)19-14(16-8)12-11(18)7-17(13(12)15)10-5-3-4-6-10/h10,15,18H,3-7H2,1-2H3. The van der Waals surface area contributed by atoms with Gasteiger partial charge < -0.3 is 10.0 Å². The summed E-state index contributed by atoms with van der Waals surface area (Å²) in [7, 11) is 0. The lowest BCUT2D eigenvalue weighted by Crippen LogP contribution is -2.35. The molecule has 19 heavy (non-hydrogen) atoms. The van der Waals surface area contributed by atoms with Gasteiger partial charge in [0.2, 0.25) is 0 Å². The van der Waals surface area contributed by atoms with Crippen LogP contribution in [-0.2, 0) is 0 Å².